The summed E-state index contributed by atoms with van der Waals surface area (Å²) < 4.78 is 0. The lowest BCUT2D eigenvalue weighted by Gasteiger charge is -2.09. The van der Waals surface area contributed by atoms with Gasteiger partial charge in [-0.05, 0) is 52.2 Å². The lowest BCUT2D eigenvalue weighted by molar-refractivity contribution is 1.03. The third kappa shape index (κ3) is 3.16. The predicted molar refractivity (Wildman–Crippen MR) is 113 cm³/mol. The van der Waals surface area contributed by atoms with Crippen molar-refractivity contribution in [3.63, 3.8) is 0 Å². The molecule has 5 aromatic rings. The number of hydrogen-bond acceptors (Lipinski definition) is 4. The van der Waals surface area contributed by atoms with E-state index in [0.29, 0.717) is 24.7 Å². The molecule has 0 spiro atoms. The van der Waals surface area contributed by atoms with E-state index in [9.17, 15) is 0 Å². The lowest BCUT2D eigenvalue weighted by Crippen LogP contribution is -2.07. The highest BCUT2D eigenvalue weighted by molar-refractivity contribution is 5.80. The summed E-state index contributed by atoms with van der Waals surface area (Å²) in [5.74, 6) is 1.04. The molecule has 5 rings (SSSR count). The first-order valence-electron chi connectivity index (χ1n) is 9.22. The second kappa shape index (κ2) is 6.74. The maximum absolute atomic E-state index is 6.19. The molecule has 0 radical (unpaired) electrons. The van der Waals surface area contributed by atoms with Crippen LogP contribution in [0.15, 0.2) is 67.1 Å². The standard InChI is InChI=1S/C22H20N6/c23-21-18(10-14-2-4-19-17(9-14)6-8-24-19)13-27-22(28-21)26-12-15-1-3-16-5-7-25-20(16)11-15/h1-9,11,13,24-25H,10,12H2,(H3,23,26,27,28). The first-order valence-corrected chi connectivity index (χ1v) is 9.22. The third-order valence-electron chi connectivity index (χ3n) is 4.98. The number of anilines is 2. The number of H-pyrrole nitrogens is 2. The first kappa shape index (κ1) is 16.4. The van der Waals surface area contributed by atoms with Gasteiger partial charge in [0.2, 0.25) is 5.95 Å². The maximum atomic E-state index is 6.19. The Kier molecular flexibility index (Phi) is 3.94. The van der Waals surface area contributed by atoms with Crippen LogP contribution in [0.5, 0.6) is 0 Å². The van der Waals surface area contributed by atoms with Gasteiger partial charge >= 0.3 is 0 Å². The largest absolute Gasteiger partial charge is 0.383 e. The third-order valence-corrected chi connectivity index (χ3v) is 4.98. The van der Waals surface area contributed by atoms with Crippen LogP contribution in [0.4, 0.5) is 11.8 Å². The molecule has 0 saturated carbocycles. The zero-order valence-corrected chi connectivity index (χ0v) is 15.2. The summed E-state index contributed by atoms with van der Waals surface area (Å²) in [7, 11) is 0. The molecular formula is C22H20N6. The van der Waals surface area contributed by atoms with Crippen molar-refractivity contribution in [1.82, 2.24) is 19.9 Å². The zero-order valence-electron chi connectivity index (χ0n) is 15.2. The second-order valence-electron chi connectivity index (χ2n) is 6.93. The number of nitrogens with zero attached hydrogens (tertiary/aromatic N) is 2. The average Bonchev–Trinajstić information content (AvgIpc) is 3.36. The van der Waals surface area contributed by atoms with Crippen molar-refractivity contribution in [3.05, 3.63) is 83.8 Å². The fraction of sp³-hybridized carbons (Fsp3) is 0.0909. The molecule has 5 N–H and O–H groups in total. The van der Waals surface area contributed by atoms with Gasteiger partial charge in [-0.1, -0.05) is 18.2 Å². The topological polar surface area (TPSA) is 95.4 Å². The first-order chi connectivity index (χ1) is 13.7. The number of nitrogens with two attached hydrogens (primary N) is 1. The molecule has 3 aromatic heterocycles. The predicted octanol–water partition coefficient (Wildman–Crippen LogP) is 4.22. The van der Waals surface area contributed by atoms with Gasteiger partial charge in [0.15, 0.2) is 0 Å². The Morgan fingerprint density at radius 2 is 1.68 bits per heavy atom. The van der Waals surface area contributed by atoms with Gasteiger partial charge in [0.25, 0.3) is 0 Å². The number of benzene rings is 2. The molecule has 6 heteroatoms. The number of fused-ring (bicyclic) bond motifs is 2. The van der Waals surface area contributed by atoms with E-state index in [-0.39, 0.29) is 0 Å². The summed E-state index contributed by atoms with van der Waals surface area (Å²) >= 11 is 0. The van der Waals surface area contributed by atoms with E-state index in [1.165, 1.54) is 16.3 Å². The molecule has 6 nitrogen and oxygen atoms in total. The van der Waals surface area contributed by atoms with Crippen molar-refractivity contribution < 1.29 is 0 Å². The summed E-state index contributed by atoms with van der Waals surface area (Å²) in [5, 5.41) is 5.64. The van der Waals surface area contributed by atoms with Gasteiger partial charge in [0.1, 0.15) is 5.82 Å². The fourth-order valence-corrected chi connectivity index (χ4v) is 3.46. The minimum Gasteiger partial charge on any atom is -0.383 e. The van der Waals surface area contributed by atoms with Crippen molar-refractivity contribution >= 4 is 33.6 Å². The SMILES string of the molecule is Nc1nc(NCc2ccc3cc[nH]c3c2)ncc1Cc1ccc2[nH]ccc2c1. The van der Waals surface area contributed by atoms with Crippen molar-refractivity contribution in [1.29, 1.82) is 0 Å². The van der Waals surface area contributed by atoms with Gasteiger partial charge in [0, 0.05) is 48.2 Å². The molecular weight excluding hydrogens is 348 g/mol. The summed E-state index contributed by atoms with van der Waals surface area (Å²) in [6.07, 6.45) is 6.40. The Morgan fingerprint density at radius 3 is 2.57 bits per heavy atom. The molecule has 0 atom stereocenters. The van der Waals surface area contributed by atoms with E-state index in [2.05, 4.69) is 73.8 Å². The zero-order chi connectivity index (χ0) is 18.9. The number of aromatic nitrogens is 4. The van der Waals surface area contributed by atoms with Crippen molar-refractivity contribution in [2.45, 2.75) is 13.0 Å². The second-order valence-corrected chi connectivity index (χ2v) is 6.93. The van der Waals surface area contributed by atoms with Crippen LogP contribution in [-0.2, 0) is 13.0 Å². The van der Waals surface area contributed by atoms with Gasteiger partial charge in [-0.2, -0.15) is 4.98 Å². The van der Waals surface area contributed by atoms with Gasteiger partial charge in [-0.15, -0.1) is 0 Å². The molecule has 0 fully saturated rings. The van der Waals surface area contributed by atoms with Gasteiger partial charge in [0.05, 0.1) is 0 Å². The molecule has 0 amide bonds. The van der Waals surface area contributed by atoms with Crippen molar-refractivity contribution in [2.24, 2.45) is 0 Å². The van der Waals surface area contributed by atoms with Crippen molar-refractivity contribution in [3.8, 4) is 0 Å². The number of rotatable bonds is 5. The molecule has 0 aliphatic rings. The van der Waals surface area contributed by atoms with E-state index in [4.69, 9.17) is 5.73 Å². The highest BCUT2D eigenvalue weighted by Gasteiger charge is 2.07. The fourth-order valence-electron chi connectivity index (χ4n) is 3.46. The number of aromatic amines is 2. The summed E-state index contributed by atoms with van der Waals surface area (Å²) in [6, 6.07) is 16.8. The molecule has 3 heterocycles. The van der Waals surface area contributed by atoms with Crippen LogP contribution >= 0.6 is 0 Å². The Balaban J connectivity index is 1.29. The van der Waals surface area contributed by atoms with Crippen LogP contribution in [0.25, 0.3) is 21.8 Å². The Hall–Kier alpha value is -3.80. The Labute approximate surface area is 161 Å². The van der Waals surface area contributed by atoms with Crippen LogP contribution in [-0.4, -0.2) is 19.9 Å². The Morgan fingerprint density at radius 1 is 0.857 bits per heavy atom. The van der Waals surface area contributed by atoms with Crippen LogP contribution < -0.4 is 11.1 Å². The Bertz CT molecular complexity index is 1270. The average molecular weight is 368 g/mol. The van der Waals surface area contributed by atoms with Crippen LogP contribution in [0.1, 0.15) is 16.7 Å². The van der Waals surface area contributed by atoms with Gasteiger partial charge in [-0.3, -0.25) is 0 Å². The van der Waals surface area contributed by atoms with Gasteiger partial charge in [-0.25, -0.2) is 4.98 Å². The van der Waals surface area contributed by atoms with Gasteiger partial charge < -0.3 is 21.0 Å². The number of nitrogen functional groups attached to an aromatic ring is 1. The molecule has 28 heavy (non-hydrogen) atoms. The summed E-state index contributed by atoms with van der Waals surface area (Å²) in [5.41, 5.74) is 11.7. The van der Waals surface area contributed by atoms with E-state index >= 15 is 0 Å². The van der Waals surface area contributed by atoms with Crippen molar-refractivity contribution in [2.75, 3.05) is 11.1 Å². The van der Waals surface area contributed by atoms with E-state index in [0.717, 1.165) is 22.2 Å². The molecule has 0 aliphatic carbocycles. The van der Waals surface area contributed by atoms with Crippen LogP contribution in [0, 0.1) is 0 Å². The highest BCUT2D eigenvalue weighted by atomic mass is 15.1. The number of nitrogens with one attached hydrogen (secondary N) is 3. The minimum absolute atomic E-state index is 0.506. The van der Waals surface area contributed by atoms with Crippen LogP contribution in [0.3, 0.4) is 0 Å². The molecule has 0 aliphatic heterocycles. The number of hydrogen-bond donors (Lipinski definition) is 4. The molecule has 0 saturated heterocycles. The maximum Gasteiger partial charge on any atom is 0.224 e. The highest BCUT2D eigenvalue weighted by Crippen LogP contribution is 2.20. The monoisotopic (exact) mass is 368 g/mol. The molecule has 2 aromatic carbocycles. The summed E-state index contributed by atoms with van der Waals surface area (Å²) in [6.45, 7) is 0.637. The molecule has 0 unspecified atom stereocenters. The molecule has 138 valence electrons. The summed E-state index contributed by atoms with van der Waals surface area (Å²) in [4.78, 5) is 15.3. The quantitative estimate of drug-likeness (QED) is 0.373. The van der Waals surface area contributed by atoms with E-state index in [1.54, 1.807) is 6.20 Å². The smallest absolute Gasteiger partial charge is 0.224 e. The van der Waals surface area contributed by atoms with E-state index < -0.39 is 0 Å². The lowest BCUT2D eigenvalue weighted by atomic mass is 10.1. The molecule has 0 bridgehead atoms. The van der Waals surface area contributed by atoms with Crippen LogP contribution in [0.2, 0.25) is 0 Å². The minimum atomic E-state index is 0.506. The van der Waals surface area contributed by atoms with E-state index in [1.807, 2.05) is 12.4 Å². The normalized spacial score (nSPS) is 11.3.